The Bertz CT molecular complexity index is 983. The molecule has 1 aliphatic rings. The Hall–Kier alpha value is -3.03. The van der Waals surface area contributed by atoms with Crippen LogP contribution in [-0.2, 0) is 0 Å². The van der Waals surface area contributed by atoms with Gasteiger partial charge in [-0.15, -0.1) is 0 Å². The zero-order chi connectivity index (χ0) is 19.7. The van der Waals surface area contributed by atoms with Gasteiger partial charge in [-0.2, -0.15) is 5.10 Å². The fourth-order valence-electron chi connectivity index (χ4n) is 3.20. The molecule has 0 saturated heterocycles. The van der Waals surface area contributed by atoms with Crippen LogP contribution in [-0.4, -0.2) is 20.2 Å². The molecule has 0 aliphatic heterocycles. The lowest BCUT2D eigenvalue weighted by Gasteiger charge is -2.19. The summed E-state index contributed by atoms with van der Waals surface area (Å²) in [7, 11) is 0. The van der Waals surface area contributed by atoms with Gasteiger partial charge in [0.2, 0.25) is 0 Å². The molecule has 4 rings (SSSR count). The first-order valence-electron chi connectivity index (χ1n) is 9.41. The summed E-state index contributed by atoms with van der Waals surface area (Å²) >= 11 is 0. The summed E-state index contributed by atoms with van der Waals surface area (Å²) in [6, 6.07) is 7.02. The highest BCUT2D eigenvalue weighted by molar-refractivity contribution is 5.57. The molecule has 8 heteroatoms. The van der Waals surface area contributed by atoms with Gasteiger partial charge in [0, 0.05) is 35.4 Å². The number of benzene rings is 1. The van der Waals surface area contributed by atoms with Gasteiger partial charge in [0.25, 0.3) is 0 Å². The van der Waals surface area contributed by atoms with Gasteiger partial charge in [-0.25, -0.2) is 18.7 Å². The van der Waals surface area contributed by atoms with Crippen molar-refractivity contribution >= 4 is 17.5 Å². The SMILES string of the molecule is CCC(Nc1cc(Nc2cc(C3CC3)[nH]n2)nc(C)n1)c1ccc(F)cc1F. The van der Waals surface area contributed by atoms with Crippen molar-refractivity contribution in [2.45, 2.75) is 45.1 Å². The van der Waals surface area contributed by atoms with E-state index >= 15 is 0 Å². The predicted molar refractivity (Wildman–Crippen MR) is 104 cm³/mol. The van der Waals surface area contributed by atoms with Crippen molar-refractivity contribution in [3.05, 3.63) is 59.0 Å². The number of anilines is 3. The van der Waals surface area contributed by atoms with Crippen LogP contribution in [0.15, 0.2) is 30.3 Å². The smallest absolute Gasteiger partial charge is 0.153 e. The van der Waals surface area contributed by atoms with Gasteiger partial charge in [-0.05, 0) is 32.3 Å². The quantitative estimate of drug-likeness (QED) is 0.536. The van der Waals surface area contributed by atoms with Crippen LogP contribution in [0.4, 0.5) is 26.2 Å². The lowest BCUT2D eigenvalue weighted by atomic mass is 10.0. The van der Waals surface area contributed by atoms with Gasteiger partial charge in [-0.3, -0.25) is 5.10 Å². The molecular weight excluding hydrogens is 362 g/mol. The Labute approximate surface area is 161 Å². The molecule has 3 aromatic rings. The first-order chi connectivity index (χ1) is 13.5. The molecule has 1 saturated carbocycles. The van der Waals surface area contributed by atoms with Crippen LogP contribution in [0.1, 0.15) is 55.2 Å². The second kappa shape index (κ2) is 7.53. The van der Waals surface area contributed by atoms with Crippen LogP contribution in [0.2, 0.25) is 0 Å². The van der Waals surface area contributed by atoms with Crippen molar-refractivity contribution in [3.63, 3.8) is 0 Å². The molecule has 0 spiro atoms. The Morgan fingerprint density at radius 2 is 1.89 bits per heavy atom. The number of nitrogens with zero attached hydrogens (tertiary/aromatic N) is 3. The van der Waals surface area contributed by atoms with Crippen molar-refractivity contribution < 1.29 is 8.78 Å². The van der Waals surface area contributed by atoms with E-state index < -0.39 is 11.6 Å². The van der Waals surface area contributed by atoms with Crippen LogP contribution in [0.5, 0.6) is 0 Å². The standard InChI is InChI=1S/C20H22F2N6/c1-3-16(14-7-6-13(21)8-15(14)22)25-18-10-19(24-11(2)23-18)26-20-9-17(27-28-20)12-4-5-12/h6-10,12,16H,3-5H2,1-2H3,(H3,23,24,25,26,27,28). The zero-order valence-corrected chi connectivity index (χ0v) is 15.8. The Morgan fingerprint density at radius 3 is 2.61 bits per heavy atom. The molecule has 3 N–H and O–H groups in total. The van der Waals surface area contributed by atoms with E-state index in [1.165, 1.54) is 25.0 Å². The third kappa shape index (κ3) is 4.11. The molecule has 0 bridgehead atoms. The number of hydrogen-bond donors (Lipinski definition) is 3. The topological polar surface area (TPSA) is 78.5 Å². The average Bonchev–Trinajstić information content (AvgIpc) is 3.39. The second-order valence-corrected chi connectivity index (χ2v) is 7.06. The van der Waals surface area contributed by atoms with E-state index in [1.54, 1.807) is 13.0 Å². The minimum Gasteiger partial charge on any atom is -0.363 e. The number of hydrogen-bond acceptors (Lipinski definition) is 5. The molecule has 146 valence electrons. The van der Waals surface area contributed by atoms with Gasteiger partial charge < -0.3 is 10.6 Å². The number of nitrogens with one attached hydrogen (secondary N) is 3. The minimum absolute atomic E-state index is 0.338. The first kappa shape index (κ1) is 18.3. The molecule has 0 radical (unpaired) electrons. The minimum atomic E-state index is -0.593. The van der Waals surface area contributed by atoms with Gasteiger partial charge in [0.05, 0.1) is 6.04 Å². The number of aryl methyl sites for hydroxylation is 1. The number of aromatic nitrogens is 4. The Morgan fingerprint density at radius 1 is 1.11 bits per heavy atom. The molecule has 1 aromatic carbocycles. The highest BCUT2D eigenvalue weighted by atomic mass is 19.1. The van der Waals surface area contributed by atoms with Crippen LogP contribution in [0, 0.1) is 18.6 Å². The maximum Gasteiger partial charge on any atom is 0.153 e. The van der Waals surface area contributed by atoms with E-state index in [0.717, 1.165) is 11.8 Å². The summed E-state index contributed by atoms with van der Waals surface area (Å²) in [6.07, 6.45) is 3.00. The number of rotatable bonds is 7. The monoisotopic (exact) mass is 384 g/mol. The Kier molecular flexibility index (Phi) is 4.93. The fourth-order valence-corrected chi connectivity index (χ4v) is 3.20. The molecule has 1 unspecified atom stereocenters. The van der Waals surface area contributed by atoms with Gasteiger partial charge in [0.1, 0.15) is 29.1 Å². The highest BCUT2D eigenvalue weighted by Crippen LogP contribution is 2.39. The maximum absolute atomic E-state index is 14.2. The molecule has 1 fully saturated rings. The number of aromatic amines is 1. The molecule has 28 heavy (non-hydrogen) atoms. The third-order valence-electron chi connectivity index (χ3n) is 4.78. The fraction of sp³-hybridized carbons (Fsp3) is 0.350. The van der Waals surface area contributed by atoms with Crippen LogP contribution in [0.3, 0.4) is 0 Å². The summed E-state index contributed by atoms with van der Waals surface area (Å²) in [5, 5.41) is 13.7. The van der Waals surface area contributed by atoms with Crippen molar-refractivity contribution in [1.82, 2.24) is 20.2 Å². The second-order valence-electron chi connectivity index (χ2n) is 7.06. The first-order valence-corrected chi connectivity index (χ1v) is 9.41. The van der Waals surface area contributed by atoms with E-state index in [9.17, 15) is 8.78 Å². The van der Waals surface area contributed by atoms with Crippen LogP contribution < -0.4 is 10.6 Å². The normalized spacial score (nSPS) is 14.7. The molecule has 1 atom stereocenters. The van der Waals surface area contributed by atoms with Gasteiger partial charge in [0.15, 0.2) is 5.82 Å². The summed E-state index contributed by atoms with van der Waals surface area (Å²) in [4.78, 5) is 8.79. The van der Waals surface area contributed by atoms with Crippen molar-refractivity contribution in [3.8, 4) is 0 Å². The van der Waals surface area contributed by atoms with E-state index in [-0.39, 0.29) is 6.04 Å². The van der Waals surface area contributed by atoms with Crippen LogP contribution in [0.25, 0.3) is 0 Å². The van der Waals surface area contributed by atoms with E-state index in [1.807, 2.05) is 13.0 Å². The maximum atomic E-state index is 14.2. The van der Waals surface area contributed by atoms with E-state index in [2.05, 4.69) is 30.8 Å². The summed E-state index contributed by atoms with van der Waals surface area (Å²) in [5.41, 5.74) is 1.53. The number of halogens is 2. The van der Waals surface area contributed by atoms with Crippen LogP contribution >= 0.6 is 0 Å². The van der Waals surface area contributed by atoms with E-state index in [0.29, 0.717) is 41.2 Å². The molecule has 2 heterocycles. The van der Waals surface area contributed by atoms with E-state index in [4.69, 9.17) is 0 Å². The molecule has 6 nitrogen and oxygen atoms in total. The lowest BCUT2D eigenvalue weighted by Crippen LogP contribution is -2.13. The van der Waals surface area contributed by atoms with Gasteiger partial charge >= 0.3 is 0 Å². The molecule has 2 aromatic heterocycles. The van der Waals surface area contributed by atoms with Gasteiger partial charge in [-0.1, -0.05) is 13.0 Å². The largest absolute Gasteiger partial charge is 0.363 e. The third-order valence-corrected chi connectivity index (χ3v) is 4.78. The molecule has 1 aliphatic carbocycles. The average molecular weight is 384 g/mol. The van der Waals surface area contributed by atoms with Crippen molar-refractivity contribution in [1.29, 1.82) is 0 Å². The lowest BCUT2D eigenvalue weighted by molar-refractivity contribution is 0.558. The Balaban J connectivity index is 1.53. The number of H-pyrrole nitrogens is 1. The zero-order valence-electron chi connectivity index (χ0n) is 15.8. The summed E-state index contributed by atoms with van der Waals surface area (Å²) < 4.78 is 27.4. The molecular formula is C20H22F2N6. The van der Waals surface area contributed by atoms with Crippen molar-refractivity contribution in [2.75, 3.05) is 10.6 Å². The predicted octanol–water partition coefficient (Wildman–Crippen LogP) is 4.97. The van der Waals surface area contributed by atoms with Crippen molar-refractivity contribution in [2.24, 2.45) is 0 Å². The highest BCUT2D eigenvalue weighted by Gasteiger charge is 2.25. The summed E-state index contributed by atoms with van der Waals surface area (Å²) in [5.74, 6) is 1.84. The summed E-state index contributed by atoms with van der Waals surface area (Å²) in [6.45, 7) is 3.72. The molecule has 0 amide bonds.